The number of piperidine rings is 1. The van der Waals surface area contributed by atoms with E-state index in [0.29, 0.717) is 32.5 Å². The number of aromatic nitrogens is 1. The Hall–Kier alpha value is -1.67. The van der Waals surface area contributed by atoms with Gasteiger partial charge >= 0.3 is 6.09 Å². The van der Waals surface area contributed by atoms with Crippen LogP contribution in [0.25, 0.3) is 0 Å². The first-order valence-electron chi connectivity index (χ1n) is 6.76. The molecule has 0 bridgehead atoms. The highest BCUT2D eigenvalue weighted by Gasteiger charge is 2.29. The molecule has 1 aromatic rings. The third-order valence-corrected chi connectivity index (χ3v) is 5.45. The van der Waals surface area contributed by atoms with Gasteiger partial charge in [-0.15, -0.1) is 0 Å². The number of hydrogen-bond donors (Lipinski definition) is 1. The molecule has 2 rings (SSSR count). The molecule has 0 radical (unpaired) electrons. The maximum atomic E-state index is 12.4. The van der Waals surface area contributed by atoms with Crippen LogP contribution in [0.5, 0.6) is 0 Å². The number of carbonyl (C=O) groups excluding carboxylic acids is 1. The lowest BCUT2D eigenvalue weighted by Gasteiger charge is -2.31. The van der Waals surface area contributed by atoms with E-state index in [9.17, 15) is 13.2 Å². The van der Waals surface area contributed by atoms with E-state index in [0.717, 1.165) is 0 Å². The number of carbonyl (C=O) groups is 1. The van der Waals surface area contributed by atoms with Gasteiger partial charge in [-0.1, -0.05) is 0 Å². The molecule has 1 saturated heterocycles. The van der Waals surface area contributed by atoms with E-state index in [1.54, 1.807) is 18.3 Å². The Labute approximate surface area is 124 Å². The van der Waals surface area contributed by atoms with E-state index in [2.05, 4.69) is 15.0 Å². The Balaban J connectivity index is 1.90. The van der Waals surface area contributed by atoms with Gasteiger partial charge in [-0.3, -0.25) is 4.98 Å². The van der Waals surface area contributed by atoms with Crippen molar-refractivity contribution in [3.63, 3.8) is 0 Å². The molecule has 0 aliphatic carbocycles. The highest BCUT2D eigenvalue weighted by molar-refractivity contribution is 7.89. The number of hydrogen-bond acceptors (Lipinski definition) is 5. The Morgan fingerprint density at radius 2 is 2.19 bits per heavy atom. The van der Waals surface area contributed by atoms with Crippen LogP contribution in [-0.4, -0.2) is 50.5 Å². The maximum Gasteiger partial charge on any atom is 0.406 e. The number of methoxy groups -OCH3 is 1. The summed E-state index contributed by atoms with van der Waals surface area (Å²) in [5.41, 5.74) is 0. The van der Waals surface area contributed by atoms with Crippen molar-refractivity contribution in [3.05, 3.63) is 24.5 Å². The van der Waals surface area contributed by atoms with Crippen LogP contribution in [0, 0.1) is 5.92 Å². The number of pyridine rings is 1. The Morgan fingerprint density at radius 1 is 1.48 bits per heavy atom. The average Bonchev–Trinajstić information content (AvgIpc) is 2.53. The summed E-state index contributed by atoms with van der Waals surface area (Å²) in [6, 6.07) is 3.16. The summed E-state index contributed by atoms with van der Waals surface area (Å²) in [6.45, 7) is 1.41. The fourth-order valence-electron chi connectivity index (χ4n) is 2.30. The van der Waals surface area contributed by atoms with Gasteiger partial charge in [-0.2, -0.15) is 4.31 Å². The Bertz CT molecular complexity index is 568. The van der Waals surface area contributed by atoms with Crippen molar-refractivity contribution < 1.29 is 17.9 Å². The number of nitrogens with zero attached hydrogens (tertiary/aromatic N) is 2. The Morgan fingerprint density at radius 3 is 2.76 bits per heavy atom. The maximum absolute atomic E-state index is 12.4. The molecule has 1 aliphatic rings. The first kappa shape index (κ1) is 15.7. The van der Waals surface area contributed by atoms with Crippen LogP contribution in [0.4, 0.5) is 4.79 Å². The van der Waals surface area contributed by atoms with Gasteiger partial charge in [0.15, 0.2) is 0 Å². The van der Waals surface area contributed by atoms with E-state index < -0.39 is 16.1 Å². The highest BCUT2D eigenvalue weighted by atomic mass is 32.2. The van der Waals surface area contributed by atoms with Crippen LogP contribution in [0.1, 0.15) is 12.8 Å². The van der Waals surface area contributed by atoms with Crippen molar-refractivity contribution in [1.82, 2.24) is 14.6 Å². The summed E-state index contributed by atoms with van der Waals surface area (Å²) in [7, 11) is -2.14. The van der Waals surface area contributed by atoms with E-state index in [4.69, 9.17) is 0 Å². The van der Waals surface area contributed by atoms with E-state index >= 15 is 0 Å². The Kier molecular flexibility index (Phi) is 5.13. The summed E-state index contributed by atoms with van der Waals surface area (Å²) in [5.74, 6) is 0.268. The van der Waals surface area contributed by atoms with Crippen LogP contribution in [0.3, 0.4) is 0 Å². The molecule has 8 heteroatoms. The molecule has 0 atom stereocenters. The van der Waals surface area contributed by atoms with Crippen LogP contribution >= 0.6 is 0 Å². The van der Waals surface area contributed by atoms with Crippen LogP contribution in [-0.2, 0) is 14.8 Å². The summed E-state index contributed by atoms with van der Waals surface area (Å²) in [5, 5.41) is 2.65. The zero-order chi connectivity index (χ0) is 15.3. The molecular weight excluding hydrogens is 294 g/mol. The first-order chi connectivity index (χ1) is 10.0. The van der Waals surface area contributed by atoms with Crippen molar-refractivity contribution >= 4 is 16.1 Å². The molecule has 116 valence electrons. The van der Waals surface area contributed by atoms with Gasteiger partial charge in [-0.05, 0) is 30.9 Å². The van der Waals surface area contributed by atoms with Gasteiger partial charge in [0, 0.05) is 32.0 Å². The normalized spacial score (nSPS) is 17.4. The number of nitrogens with one attached hydrogen (secondary N) is 1. The van der Waals surface area contributed by atoms with Crippen molar-refractivity contribution in [3.8, 4) is 0 Å². The van der Waals surface area contributed by atoms with Gasteiger partial charge in [0.1, 0.15) is 4.90 Å². The first-order valence-corrected chi connectivity index (χ1v) is 8.20. The monoisotopic (exact) mass is 313 g/mol. The van der Waals surface area contributed by atoms with Crippen molar-refractivity contribution in [1.29, 1.82) is 0 Å². The zero-order valence-electron chi connectivity index (χ0n) is 11.9. The molecule has 0 unspecified atom stereocenters. The third-order valence-electron chi connectivity index (χ3n) is 3.57. The molecule has 1 aromatic heterocycles. The van der Waals surface area contributed by atoms with Crippen molar-refractivity contribution in [2.24, 2.45) is 5.92 Å². The topological polar surface area (TPSA) is 88.6 Å². The molecule has 0 saturated carbocycles. The smallest absolute Gasteiger partial charge is 0.406 e. The van der Waals surface area contributed by atoms with Crippen LogP contribution in [0.2, 0.25) is 0 Å². The molecule has 1 N–H and O–H groups in total. The summed E-state index contributed by atoms with van der Waals surface area (Å²) < 4.78 is 30.8. The van der Waals surface area contributed by atoms with Gasteiger partial charge in [0.2, 0.25) is 10.0 Å². The van der Waals surface area contributed by atoms with E-state index in [1.165, 1.54) is 17.6 Å². The van der Waals surface area contributed by atoms with Crippen LogP contribution < -0.4 is 5.32 Å². The largest absolute Gasteiger partial charge is 0.453 e. The SMILES string of the molecule is COC(=O)NCC1CCN(S(=O)(=O)c2cccnc2)CC1. The number of amides is 1. The average molecular weight is 313 g/mol. The minimum Gasteiger partial charge on any atom is -0.453 e. The second-order valence-corrected chi connectivity index (χ2v) is 6.85. The van der Waals surface area contributed by atoms with Crippen molar-refractivity contribution in [2.45, 2.75) is 17.7 Å². The fourth-order valence-corrected chi connectivity index (χ4v) is 3.74. The predicted octanol–water partition coefficient (Wildman–Crippen LogP) is 0.838. The van der Waals surface area contributed by atoms with Gasteiger partial charge in [0.25, 0.3) is 0 Å². The standard InChI is InChI=1S/C13H19N3O4S/c1-20-13(17)15-9-11-4-7-16(8-5-11)21(18,19)12-3-2-6-14-10-12/h2-3,6,10-11H,4-5,7-9H2,1H3,(H,15,17). The molecule has 0 spiro atoms. The zero-order valence-corrected chi connectivity index (χ0v) is 12.7. The van der Waals surface area contributed by atoms with Crippen molar-refractivity contribution in [2.75, 3.05) is 26.7 Å². The molecule has 1 amide bonds. The minimum atomic E-state index is -3.46. The molecule has 0 aromatic carbocycles. The highest BCUT2D eigenvalue weighted by Crippen LogP contribution is 2.22. The quantitative estimate of drug-likeness (QED) is 0.890. The number of ether oxygens (including phenoxy) is 1. The molecule has 21 heavy (non-hydrogen) atoms. The second-order valence-electron chi connectivity index (χ2n) is 4.91. The number of rotatable bonds is 4. The lowest BCUT2D eigenvalue weighted by Crippen LogP contribution is -2.41. The molecular formula is C13H19N3O4S. The van der Waals surface area contributed by atoms with Gasteiger partial charge < -0.3 is 10.1 Å². The minimum absolute atomic E-state index is 0.219. The predicted molar refractivity (Wildman–Crippen MR) is 76.1 cm³/mol. The van der Waals surface area contributed by atoms with Crippen LogP contribution in [0.15, 0.2) is 29.4 Å². The molecule has 1 aliphatic heterocycles. The van der Waals surface area contributed by atoms with E-state index in [1.807, 2.05) is 0 Å². The molecule has 1 fully saturated rings. The van der Waals surface area contributed by atoms with E-state index in [-0.39, 0.29) is 10.8 Å². The summed E-state index contributed by atoms with van der Waals surface area (Å²) in [4.78, 5) is 15.1. The third kappa shape index (κ3) is 3.92. The fraction of sp³-hybridized carbons (Fsp3) is 0.538. The summed E-state index contributed by atoms with van der Waals surface area (Å²) >= 11 is 0. The van der Waals surface area contributed by atoms with Gasteiger partial charge in [-0.25, -0.2) is 13.2 Å². The lowest BCUT2D eigenvalue weighted by molar-refractivity contribution is 0.166. The summed E-state index contributed by atoms with van der Waals surface area (Å²) in [6.07, 6.45) is 3.87. The lowest BCUT2D eigenvalue weighted by atomic mass is 9.98. The molecule has 2 heterocycles. The molecule has 7 nitrogen and oxygen atoms in total. The van der Waals surface area contributed by atoms with Gasteiger partial charge in [0.05, 0.1) is 7.11 Å². The second kappa shape index (κ2) is 6.86. The number of sulfonamides is 1. The number of alkyl carbamates (subject to hydrolysis) is 1.